The number of benzene rings is 2. The van der Waals surface area contributed by atoms with E-state index in [9.17, 15) is 19.7 Å². The second-order valence-corrected chi connectivity index (χ2v) is 6.08. The van der Waals surface area contributed by atoms with Crippen LogP contribution in [0.4, 0.5) is 11.4 Å². The summed E-state index contributed by atoms with van der Waals surface area (Å²) in [6.07, 6.45) is 0.695. The number of nitrogens with zero attached hydrogens (tertiary/aromatic N) is 1. The maximum absolute atomic E-state index is 12.5. The molecular formula is C18H14ClN3O4. The molecule has 7 nitrogen and oxygen atoms in total. The van der Waals surface area contributed by atoms with Crippen LogP contribution in [-0.2, 0) is 6.42 Å². The van der Waals surface area contributed by atoms with E-state index in [1.807, 2.05) is 6.92 Å². The molecule has 1 aromatic heterocycles. The largest absolute Gasteiger partial charge is 0.322 e. The van der Waals surface area contributed by atoms with Crippen molar-refractivity contribution in [2.45, 2.75) is 13.3 Å². The number of halogens is 1. The van der Waals surface area contributed by atoms with Crippen molar-refractivity contribution >= 4 is 39.8 Å². The number of nitro benzene ring substituents is 1. The van der Waals surface area contributed by atoms with Gasteiger partial charge in [0.25, 0.3) is 11.6 Å². The van der Waals surface area contributed by atoms with Gasteiger partial charge >= 0.3 is 0 Å². The predicted octanol–water partition coefficient (Wildman–Crippen LogP) is 3.90. The number of H-pyrrole nitrogens is 1. The Morgan fingerprint density at radius 3 is 2.69 bits per heavy atom. The van der Waals surface area contributed by atoms with Crippen LogP contribution in [0.5, 0.6) is 0 Å². The van der Waals surface area contributed by atoms with Crippen LogP contribution in [-0.4, -0.2) is 15.8 Å². The summed E-state index contributed by atoms with van der Waals surface area (Å²) in [5, 5.41) is 14.8. The fourth-order valence-corrected chi connectivity index (χ4v) is 2.92. The van der Waals surface area contributed by atoms with Crippen molar-refractivity contribution in [1.82, 2.24) is 4.98 Å². The highest BCUT2D eigenvalue weighted by atomic mass is 35.5. The van der Waals surface area contributed by atoms with E-state index in [1.165, 1.54) is 24.3 Å². The van der Waals surface area contributed by atoms with E-state index in [0.717, 1.165) is 10.9 Å². The van der Waals surface area contributed by atoms with E-state index < -0.39 is 10.8 Å². The Balaban J connectivity index is 1.99. The first-order valence-electron chi connectivity index (χ1n) is 7.80. The van der Waals surface area contributed by atoms with Crippen LogP contribution in [0.1, 0.15) is 22.8 Å². The second kappa shape index (κ2) is 6.97. The van der Waals surface area contributed by atoms with Crippen molar-refractivity contribution < 1.29 is 9.72 Å². The van der Waals surface area contributed by atoms with Crippen LogP contribution in [0.3, 0.4) is 0 Å². The number of nitrogens with one attached hydrogen (secondary N) is 2. The topological polar surface area (TPSA) is 105 Å². The highest BCUT2D eigenvalue weighted by Gasteiger charge is 2.20. The molecule has 0 bridgehead atoms. The molecule has 26 heavy (non-hydrogen) atoms. The normalized spacial score (nSPS) is 10.7. The van der Waals surface area contributed by atoms with Crippen molar-refractivity contribution in [3.05, 3.63) is 79.1 Å². The lowest BCUT2D eigenvalue weighted by atomic mass is 10.1. The van der Waals surface area contributed by atoms with Crippen molar-refractivity contribution in [1.29, 1.82) is 0 Å². The molecule has 0 aliphatic carbocycles. The lowest BCUT2D eigenvalue weighted by Gasteiger charge is -2.09. The molecule has 2 N–H and O–H groups in total. The Labute approximate surface area is 152 Å². The van der Waals surface area contributed by atoms with Crippen molar-refractivity contribution in [3.8, 4) is 0 Å². The zero-order valence-corrected chi connectivity index (χ0v) is 14.5. The number of nitro groups is 1. The number of pyridine rings is 1. The average Bonchev–Trinajstić information content (AvgIpc) is 2.60. The Morgan fingerprint density at radius 1 is 1.23 bits per heavy atom. The molecule has 8 heteroatoms. The minimum absolute atomic E-state index is 0.140. The van der Waals surface area contributed by atoms with Gasteiger partial charge in [0.15, 0.2) is 0 Å². The Hall–Kier alpha value is -3.19. The van der Waals surface area contributed by atoms with Gasteiger partial charge in [-0.2, -0.15) is 0 Å². The van der Waals surface area contributed by atoms with Crippen molar-refractivity contribution in [2.75, 3.05) is 5.32 Å². The number of carbonyl (C=O) groups is 1. The third-order valence-electron chi connectivity index (χ3n) is 3.97. The number of aromatic amines is 1. The SMILES string of the molecule is CCc1cc(=O)[nH]c2cc(NC(=O)c3cc(Cl)ccc3[N+](=O)[O-])ccc12. The smallest absolute Gasteiger partial charge is 0.282 e. The van der Waals surface area contributed by atoms with E-state index in [-0.39, 0.29) is 21.8 Å². The highest BCUT2D eigenvalue weighted by molar-refractivity contribution is 6.31. The molecule has 0 saturated heterocycles. The van der Waals surface area contributed by atoms with E-state index in [0.29, 0.717) is 17.6 Å². The molecule has 0 saturated carbocycles. The average molecular weight is 372 g/mol. The molecule has 0 spiro atoms. The zero-order chi connectivity index (χ0) is 18.8. The molecule has 2 aromatic carbocycles. The molecule has 0 aliphatic heterocycles. The molecular weight excluding hydrogens is 358 g/mol. The summed E-state index contributed by atoms with van der Waals surface area (Å²) in [6, 6.07) is 10.4. The van der Waals surface area contributed by atoms with Crippen molar-refractivity contribution in [3.63, 3.8) is 0 Å². The molecule has 0 radical (unpaired) electrons. The fourth-order valence-electron chi connectivity index (χ4n) is 2.75. The van der Waals surface area contributed by atoms with Gasteiger partial charge in [0.2, 0.25) is 5.56 Å². The lowest BCUT2D eigenvalue weighted by molar-refractivity contribution is -0.385. The van der Waals surface area contributed by atoms with E-state index in [4.69, 9.17) is 11.6 Å². The van der Waals surface area contributed by atoms with Gasteiger partial charge in [-0.25, -0.2) is 0 Å². The molecule has 3 aromatic rings. The van der Waals surface area contributed by atoms with Crippen LogP contribution < -0.4 is 10.9 Å². The maximum Gasteiger partial charge on any atom is 0.282 e. The number of aryl methyl sites for hydroxylation is 1. The van der Waals surface area contributed by atoms with Gasteiger partial charge in [0.05, 0.1) is 10.4 Å². The van der Waals surface area contributed by atoms with Crippen LogP contribution in [0.2, 0.25) is 5.02 Å². The molecule has 3 rings (SSSR count). The highest BCUT2D eigenvalue weighted by Crippen LogP contribution is 2.25. The summed E-state index contributed by atoms with van der Waals surface area (Å²) in [6.45, 7) is 1.95. The fraction of sp³-hybridized carbons (Fsp3) is 0.111. The first-order valence-corrected chi connectivity index (χ1v) is 8.18. The zero-order valence-electron chi connectivity index (χ0n) is 13.7. The summed E-state index contributed by atoms with van der Waals surface area (Å²) < 4.78 is 0. The number of carbonyl (C=O) groups excluding carboxylic acids is 1. The summed E-state index contributed by atoms with van der Waals surface area (Å²) >= 11 is 5.86. The number of hydrogen-bond acceptors (Lipinski definition) is 4. The van der Waals surface area contributed by atoms with Gasteiger partial charge in [-0.1, -0.05) is 24.6 Å². The van der Waals surface area contributed by atoms with Crippen LogP contribution in [0, 0.1) is 10.1 Å². The number of rotatable bonds is 4. The Kier molecular flexibility index (Phi) is 4.73. The third-order valence-corrected chi connectivity index (χ3v) is 4.20. The summed E-state index contributed by atoms with van der Waals surface area (Å²) in [7, 11) is 0. The number of fused-ring (bicyclic) bond motifs is 1. The minimum Gasteiger partial charge on any atom is -0.322 e. The van der Waals surface area contributed by atoms with Crippen molar-refractivity contribution in [2.24, 2.45) is 0 Å². The standard InChI is InChI=1S/C18H14ClN3O4/c1-2-10-7-17(23)21-15-9-12(4-5-13(10)15)20-18(24)14-8-11(19)3-6-16(14)22(25)26/h3-9H,2H2,1H3,(H,20,24)(H,21,23). The number of anilines is 1. The number of amides is 1. The molecule has 1 heterocycles. The van der Waals surface area contributed by atoms with Crippen LogP contribution in [0.15, 0.2) is 47.3 Å². The Bertz CT molecular complexity index is 1090. The molecule has 0 unspecified atom stereocenters. The first kappa shape index (κ1) is 17.6. The van der Waals surface area contributed by atoms with Gasteiger partial charge in [-0.15, -0.1) is 0 Å². The van der Waals surface area contributed by atoms with E-state index >= 15 is 0 Å². The van der Waals surface area contributed by atoms with Crippen LogP contribution in [0.25, 0.3) is 10.9 Å². The number of hydrogen-bond donors (Lipinski definition) is 2. The van der Waals surface area contributed by atoms with E-state index in [1.54, 1.807) is 18.2 Å². The van der Waals surface area contributed by atoms with Gasteiger partial charge < -0.3 is 10.3 Å². The monoisotopic (exact) mass is 371 g/mol. The van der Waals surface area contributed by atoms with Gasteiger partial charge in [0.1, 0.15) is 5.56 Å². The summed E-state index contributed by atoms with van der Waals surface area (Å²) in [5.41, 5.74) is 1.16. The lowest BCUT2D eigenvalue weighted by Crippen LogP contribution is -2.14. The quantitative estimate of drug-likeness (QED) is 0.535. The predicted molar refractivity (Wildman–Crippen MR) is 100 cm³/mol. The van der Waals surface area contributed by atoms with E-state index in [2.05, 4.69) is 10.3 Å². The summed E-state index contributed by atoms with van der Waals surface area (Å²) in [4.78, 5) is 37.4. The molecule has 1 amide bonds. The minimum atomic E-state index is -0.660. The van der Waals surface area contributed by atoms with Gasteiger partial charge in [-0.3, -0.25) is 19.7 Å². The second-order valence-electron chi connectivity index (χ2n) is 5.65. The summed E-state index contributed by atoms with van der Waals surface area (Å²) in [5.74, 6) is -0.660. The first-order chi connectivity index (χ1) is 12.4. The molecule has 0 aliphatic rings. The Morgan fingerprint density at radius 2 is 2.00 bits per heavy atom. The molecule has 0 atom stereocenters. The van der Waals surface area contributed by atoms with Gasteiger partial charge in [-0.05, 0) is 36.2 Å². The molecule has 132 valence electrons. The van der Waals surface area contributed by atoms with Crippen LogP contribution >= 0.6 is 11.6 Å². The maximum atomic E-state index is 12.5. The number of aromatic nitrogens is 1. The van der Waals surface area contributed by atoms with Gasteiger partial charge in [0, 0.05) is 28.2 Å². The third kappa shape index (κ3) is 3.43. The molecule has 0 fully saturated rings.